The van der Waals surface area contributed by atoms with Crippen LogP contribution in [0.15, 0.2) is 0 Å². The zero-order valence-electron chi connectivity index (χ0n) is 11.3. The quantitative estimate of drug-likeness (QED) is 0.892. The number of aliphatic hydroxyl groups excluding tert-OH is 1. The van der Waals surface area contributed by atoms with Crippen LogP contribution in [0.1, 0.15) is 49.8 Å². The van der Waals surface area contributed by atoms with Crippen molar-refractivity contribution in [3.05, 3.63) is 16.4 Å². The highest BCUT2D eigenvalue weighted by molar-refractivity contribution is 6.30. The SMILES string of the molecule is Cc1nn(C)c(Cl)c1CC(O)CCC1CCCC1. The van der Waals surface area contributed by atoms with Crippen molar-refractivity contribution in [2.24, 2.45) is 13.0 Å². The molecule has 0 bridgehead atoms. The first-order valence-electron chi connectivity index (χ1n) is 6.94. The van der Waals surface area contributed by atoms with E-state index in [4.69, 9.17) is 11.6 Å². The third kappa shape index (κ3) is 3.27. The minimum absolute atomic E-state index is 0.286. The maximum Gasteiger partial charge on any atom is 0.130 e. The van der Waals surface area contributed by atoms with Gasteiger partial charge in [0, 0.05) is 19.0 Å². The molecule has 4 heteroatoms. The Morgan fingerprint density at radius 2 is 2.11 bits per heavy atom. The number of nitrogens with zero attached hydrogens (tertiary/aromatic N) is 2. The summed E-state index contributed by atoms with van der Waals surface area (Å²) in [7, 11) is 1.84. The number of hydrogen-bond acceptors (Lipinski definition) is 2. The van der Waals surface area contributed by atoms with E-state index < -0.39 is 0 Å². The second-order valence-electron chi connectivity index (χ2n) is 5.56. The fraction of sp³-hybridized carbons (Fsp3) is 0.786. The molecule has 1 unspecified atom stereocenters. The van der Waals surface area contributed by atoms with E-state index in [-0.39, 0.29) is 6.10 Å². The molecule has 1 aromatic rings. The smallest absolute Gasteiger partial charge is 0.130 e. The van der Waals surface area contributed by atoms with Crippen molar-refractivity contribution < 1.29 is 5.11 Å². The van der Waals surface area contributed by atoms with E-state index in [2.05, 4.69) is 5.10 Å². The minimum Gasteiger partial charge on any atom is -0.393 e. The minimum atomic E-state index is -0.286. The molecular weight excluding hydrogens is 248 g/mol. The number of rotatable bonds is 5. The van der Waals surface area contributed by atoms with Gasteiger partial charge in [-0.3, -0.25) is 4.68 Å². The number of aromatic nitrogens is 2. The van der Waals surface area contributed by atoms with E-state index in [1.165, 1.54) is 25.7 Å². The molecule has 2 rings (SSSR count). The second-order valence-corrected chi connectivity index (χ2v) is 5.92. The van der Waals surface area contributed by atoms with Crippen molar-refractivity contribution in [1.82, 2.24) is 9.78 Å². The van der Waals surface area contributed by atoms with Crippen LogP contribution in [0, 0.1) is 12.8 Å². The van der Waals surface area contributed by atoms with E-state index in [1.54, 1.807) is 4.68 Å². The van der Waals surface area contributed by atoms with Crippen molar-refractivity contribution in [3.63, 3.8) is 0 Å². The Morgan fingerprint density at radius 3 is 2.67 bits per heavy atom. The van der Waals surface area contributed by atoms with Crippen molar-refractivity contribution in [3.8, 4) is 0 Å². The van der Waals surface area contributed by atoms with Crippen LogP contribution in [-0.2, 0) is 13.5 Å². The van der Waals surface area contributed by atoms with E-state index in [0.29, 0.717) is 11.6 Å². The van der Waals surface area contributed by atoms with E-state index in [1.807, 2.05) is 14.0 Å². The summed E-state index contributed by atoms with van der Waals surface area (Å²) in [6.07, 6.45) is 7.81. The predicted octanol–water partition coefficient (Wildman–Crippen LogP) is 3.26. The lowest BCUT2D eigenvalue weighted by molar-refractivity contribution is 0.154. The van der Waals surface area contributed by atoms with Crippen LogP contribution < -0.4 is 0 Å². The van der Waals surface area contributed by atoms with Crippen molar-refractivity contribution >= 4 is 11.6 Å². The van der Waals surface area contributed by atoms with Crippen molar-refractivity contribution in [1.29, 1.82) is 0 Å². The monoisotopic (exact) mass is 270 g/mol. The van der Waals surface area contributed by atoms with Gasteiger partial charge in [-0.2, -0.15) is 5.10 Å². The zero-order valence-corrected chi connectivity index (χ0v) is 12.1. The lowest BCUT2D eigenvalue weighted by Gasteiger charge is -2.13. The Labute approximate surface area is 114 Å². The molecule has 1 aliphatic rings. The highest BCUT2D eigenvalue weighted by Gasteiger charge is 2.19. The van der Waals surface area contributed by atoms with Gasteiger partial charge in [-0.05, 0) is 25.7 Å². The average molecular weight is 271 g/mol. The molecule has 3 nitrogen and oxygen atoms in total. The summed E-state index contributed by atoms with van der Waals surface area (Å²) in [4.78, 5) is 0. The highest BCUT2D eigenvalue weighted by Crippen LogP contribution is 2.29. The summed E-state index contributed by atoms with van der Waals surface area (Å²) in [5.41, 5.74) is 1.93. The normalized spacial score (nSPS) is 18.4. The molecule has 18 heavy (non-hydrogen) atoms. The fourth-order valence-corrected chi connectivity index (χ4v) is 3.22. The van der Waals surface area contributed by atoms with Crippen LogP contribution in [0.4, 0.5) is 0 Å². The summed E-state index contributed by atoms with van der Waals surface area (Å²) in [6, 6.07) is 0. The standard InChI is InChI=1S/C14H23ClN2O/c1-10-13(14(15)17(2)16-10)9-12(18)8-7-11-5-3-4-6-11/h11-12,18H,3-9H2,1-2H3. The molecule has 1 aliphatic carbocycles. The molecule has 102 valence electrons. The molecule has 1 N–H and O–H groups in total. The van der Waals surface area contributed by atoms with Gasteiger partial charge in [-0.1, -0.05) is 37.3 Å². The lowest BCUT2D eigenvalue weighted by Crippen LogP contribution is -2.12. The third-order valence-corrected chi connectivity index (χ3v) is 4.57. The Kier molecular flexibility index (Phi) is 4.68. The lowest BCUT2D eigenvalue weighted by atomic mass is 9.97. The van der Waals surface area contributed by atoms with Crippen LogP contribution in [0.25, 0.3) is 0 Å². The van der Waals surface area contributed by atoms with Crippen molar-refractivity contribution in [2.75, 3.05) is 0 Å². The van der Waals surface area contributed by atoms with Gasteiger partial charge in [0.1, 0.15) is 5.15 Å². The highest BCUT2D eigenvalue weighted by atomic mass is 35.5. The molecular formula is C14H23ClN2O. The van der Waals surface area contributed by atoms with Crippen molar-refractivity contribution in [2.45, 2.75) is 58.0 Å². The molecule has 1 fully saturated rings. The maximum atomic E-state index is 10.1. The molecule has 0 saturated heterocycles. The van der Waals surface area contributed by atoms with Crippen LogP contribution >= 0.6 is 11.6 Å². The molecule has 0 spiro atoms. The van der Waals surface area contributed by atoms with Gasteiger partial charge < -0.3 is 5.11 Å². The van der Waals surface area contributed by atoms with Gasteiger partial charge in [0.25, 0.3) is 0 Å². The molecule has 0 aromatic carbocycles. The van der Waals surface area contributed by atoms with Gasteiger partial charge in [0.15, 0.2) is 0 Å². The zero-order chi connectivity index (χ0) is 13.1. The first-order chi connectivity index (χ1) is 8.58. The Bertz CT molecular complexity index is 397. The molecule has 1 atom stereocenters. The predicted molar refractivity (Wildman–Crippen MR) is 73.9 cm³/mol. The summed E-state index contributed by atoms with van der Waals surface area (Å²) in [5.74, 6) is 0.838. The van der Waals surface area contributed by atoms with Gasteiger partial charge in [0.2, 0.25) is 0 Å². The first kappa shape index (κ1) is 13.9. The summed E-state index contributed by atoms with van der Waals surface area (Å²) in [6.45, 7) is 1.95. The molecule has 1 aromatic heterocycles. The largest absolute Gasteiger partial charge is 0.393 e. The van der Waals surface area contributed by atoms with E-state index in [0.717, 1.165) is 30.0 Å². The second kappa shape index (κ2) is 6.07. The maximum absolute atomic E-state index is 10.1. The number of aryl methyl sites for hydroxylation is 2. The van der Waals surface area contributed by atoms with Gasteiger partial charge in [0.05, 0.1) is 11.8 Å². The molecule has 1 heterocycles. The third-order valence-electron chi connectivity index (χ3n) is 4.09. The van der Waals surface area contributed by atoms with E-state index >= 15 is 0 Å². The average Bonchev–Trinajstić information content (AvgIpc) is 2.92. The fourth-order valence-electron chi connectivity index (χ4n) is 2.97. The van der Waals surface area contributed by atoms with Crippen LogP contribution in [0.3, 0.4) is 0 Å². The van der Waals surface area contributed by atoms with Crippen LogP contribution in [-0.4, -0.2) is 21.0 Å². The first-order valence-corrected chi connectivity index (χ1v) is 7.31. The van der Waals surface area contributed by atoms with Crippen LogP contribution in [0.2, 0.25) is 5.15 Å². The van der Waals surface area contributed by atoms with Gasteiger partial charge in [-0.15, -0.1) is 0 Å². The van der Waals surface area contributed by atoms with Gasteiger partial charge >= 0.3 is 0 Å². The van der Waals surface area contributed by atoms with E-state index in [9.17, 15) is 5.11 Å². The molecule has 0 aliphatic heterocycles. The Balaban J connectivity index is 1.84. The van der Waals surface area contributed by atoms with Gasteiger partial charge in [-0.25, -0.2) is 0 Å². The molecule has 0 amide bonds. The number of hydrogen-bond donors (Lipinski definition) is 1. The number of aliphatic hydroxyl groups is 1. The molecule has 0 radical (unpaired) electrons. The summed E-state index contributed by atoms with van der Waals surface area (Å²) < 4.78 is 1.68. The summed E-state index contributed by atoms with van der Waals surface area (Å²) >= 11 is 6.17. The Hall–Kier alpha value is -0.540. The Morgan fingerprint density at radius 1 is 1.44 bits per heavy atom. The number of halogens is 1. The molecule has 1 saturated carbocycles. The summed E-state index contributed by atoms with van der Waals surface area (Å²) in [5, 5.41) is 15.1. The van der Waals surface area contributed by atoms with Crippen LogP contribution in [0.5, 0.6) is 0 Å². The topological polar surface area (TPSA) is 38.0 Å².